The van der Waals surface area contributed by atoms with E-state index >= 15 is 0 Å². The number of nitrogen functional groups attached to an aromatic ring is 1. The molecule has 13 heteroatoms. The van der Waals surface area contributed by atoms with Gasteiger partial charge in [-0.25, -0.2) is 19.1 Å². The van der Waals surface area contributed by atoms with E-state index in [0.29, 0.717) is 11.3 Å². The summed E-state index contributed by atoms with van der Waals surface area (Å²) >= 11 is 0. The van der Waals surface area contributed by atoms with Crippen molar-refractivity contribution in [2.45, 2.75) is 24.5 Å². The number of fused-ring (bicyclic) bond motifs is 1. The van der Waals surface area contributed by atoms with Crippen LogP contribution in [0.15, 0.2) is 43.0 Å². The molecular weight excluding hydrogens is 406 g/mol. The monoisotopic (exact) mass is 423 g/mol. The number of aromatic nitrogens is 4. The summed E-state index contributed by atoms with van der Waals surface area (Å²) in [4.78, 5) is 12.0. The molecule has 0 radical (unpaired) electrons. The van der Waals surface area contributed by atoms with Gasteiger partial charge in [-0.05, 0) is 12.1 Å². The van der Waals surface area contributed by atoms with Crippen LogP contribution in [0.4, 0.5) is 5.82 Å². The van der Waals surface area contributed by atoms with Gasteiger partial charge in [0.15, 0.2) is 17.7 Å². The van der Waals surface area contributed by atoms with Gasteiger partial charge in [0.2, 0.25) is 0 Å². The maximum atomic E-state index is 11.3. The lowest BCUT2D eigenvalue weighted by Crippen LogP contribution is -2.38. The molecule has 2 aromatic heterocycles. The highest BCUT2D eigenvalue weighted by atomic mass is 32.3. The van der Waals surface area contributed by atoms with E-state index in [4.69, 9.17) is 19.8 Å². The summed E-state index contributed by atoms with van der Waals surface area (Å²) in [6.45, 7) is -0.151. The minimum absolute atomic E-state index is 0.135. The molecule has 0 saturated carbocycles. The Hall–Kier alpha value is -2.84. The van der Waals surface area contributed by atoms with Crippen LogP contribution in [0.2, 0.25) is 0 Å². The topological polar surface area (TPSA) is 172 Å². The van der Waals surface area contributed by atoms with Gasteiger partial charge >= 0.3 is 10.4 Å². The molecule has 0 aliphatic carbocycles. The van der Waals surface area contributed by atoms with Gasteiger partial charge < -0.3 is 20.3 Å². The molecule has 1 fully saturated rings. The number of rotatable bonds is 6. The number of nitrogens with two attached hydrogens (primary N) is 1. The third-order valence-electron chi connectivity index (χ3n) is 4.36. The van der Waals surface area contributed by atoms with E-state index in [1.807, 2.05) is 0 Å². The molecule has 1 aliphatic rings. The maximum absolute atomic E-state index is 11.3. The fourth-order valence-electron chi connectivity index (χ4n) is 3.09. The number of ether oxygens (including phenoxy) is 2. The van der Waals surface area contributed by atoms with Gasteiger partial charge in [-0.1, -0.05) is 18.2 Å². The van der Waals surface area contributed by atoms with Crippen molar-refractivity contribution in [1.82, 2.24) is 19.5 Å². The molecule has 3 aromatic rings. The molecule has 4 N–H and O–H groups in total. The van der Waals surface area contributed by atoms with E-state index < -0.39 is 34.9 Å². The van der Waals surface area contributed by atoms with Gasteiger partial charge in [0, 0.05) is 0 Å². The fraction of sp³-hybridized carbons (Fsp3) is 0.312. The quantitative estimate of drug-likeness (QED) is 0.453. The van der Waals surface area contributed by atoms with Crippen molar-refractivity contribution in [2.75, 3.05) is 12.3 Å². The number of benzene rings is 1. The highest BCUT2D eigenvalue weighted by molar-refractivity contribution is 7.80. The van der Waals surface area contributed by atoms with Crippen LogP contribution in [-0.4, -0.2) is 62.5 Å². The van der Waals surface area contributed by atoms with Crippen molar-refractivity contribution in [3.8, 4) is 5.75 Å². The Balaban J connectivity index is 1.62. The first-order chi connectivity index (χ1) is 13.8. The van der Waals surface area contributed by atoms with Crippen LogP contribution in [0.3, 0.4) is 0 Å². The number of nitrogens with zero attached hydrogens (tertiary/aromatic N) is 4. The third-order valence-corrected chi connectivity index (χ3v) is 4.83. The molecule has 1 saturated heterocycles. The number of para-hydroxylation sites is 1. The van der Waals surface area contributed by atoms with Gasteiger partial charge in [0.25, 0.3) is 0 Å². The minimum Gasteiger partial charge on any atom is -0.491 e. The van der Waals surface area contributed by atoms with Crippen molar-refractivity contribution >= 4 is 27.4 Å². The minimum atomic E-state index is -4.86. The zero-order chi connectivity index (χ0) is 20.6. The van der Waals surface area contributed by atoms with Gasteiger partial charge in [0.1, 0.15) is 42.5 Å². The molecular formula is C16H17N5O7S. The summed E-state index contributed by atoms with van der Waals surface area (Å²) in [5.41, 5.74) is 6.33. The maximum Gasteiger partial charge on any atom is 0.397 e. The normalized spacial score (nSPS) is 24.8. The van der Waals surface area contributed by atoms with Crippen molar-refractivity contribution in [3.05, 3.63) is 43.0 Å². The van der Waals surface area contributed by atoms with E-state index in [9.17, 15) is 13.5 Å². The average molecular weight is 423 g/mol. The van der Waals surface area contributed by atoms with Crippen LogP contribution >= 0.6 is 0 Å². The van der Waals surface area contributed by atoms with Crippen molar-refractivity contribution in [1.29, 1.82) is 0 Å². The molecule has 1 aromatic carbocycles. The van der Waals surface area contributed by atoms with E-state index in [2.05, 4.69) is 19.1 Å². The summed E-state index contributed by atoms with van der Waals surface area (Å²) in [6.07, 6.45) is -2.53. The standard InChI is InChI=1S/C16H17N5O7S/c17-14-11-15(19-7-18-14)21(8-20-11)16-12(22)13(28-29(23,24)25)10(27-16)6-26-9-4-2-1-3-5-9/h1-5,7-8,10,12-13,16,22H,6H2,(H2,17,18,19)(H,23,24,25)/t10-,12-,13-,16-/m1/s1. The number of hydrogen-bond donors (Lipinski definition) is 3. The van der Waals surface area contributed by atoms with E-state index in [1.165, 1.54) is 17.2 Å². The number of aliphatic hydroxyl groups excluding tert-OH is 1. The second kappa shape index (κ2) is 7.53. The van der Waals surface area contributed by atoms with Crippen LogP contribution in [0.1, 0.15) is 6.23 Å². The summed E-state index contributed by atoms with van der Waals surface area (Å²) in [5, 5.41) is 10.7. The first-order valence-electron chi connectivity index (χ1n) is 8.43. The Morgan fingerprint density at radius 3 is 2.69 bits per heavy atom. The molecule has 1 aliphatic heterocycles. The van der Waals surface area contributed by atoms with E-state index in [0.717, 1.165) is 0 Å². The van der Waals surface area contributed by atoms with Crippen LogP contribution in [0.25, 0.3) is 11.2 Å². The molecule has 4 atom stereocenters. The fourth-order valence-corrected chi connectivity index (χ4v) is 3.61. The highest BCUT2D eigenvalue weighted by Gasteiger charge is 2.48. The Bertz CT molecular complexity index is 1110. The Labute approximate surface area is 164 Å². The molecule has 0 spiro atoms. The van der Waals surface area contributed by atoms with Gasteiger partial charge in [-0.15, -0.1) is 0 Å². The summed E-state index contributed by atoms with van der Waals surface area (Å²) < 4.78 is 49.1. The average Bonchev–Trinajstić information content (AvgIpc) is 3.23. The molecule has 4 rings (SSSR count). The SMILES string of the molecule is Nc1ncnc2c1ncn2[C@@H]1O[C@H](COc2ccccc2)[C@@H](OS(=O)(=O)O)[C@H]1O. The van der Waals surface area contributed by atoms with E-state index in [1.54, 1.807) is 30.3 Å². The van der Waals surface area contributed by atoms with Crippen LogP contribution in [-0.2, 0) is 19.3 Å². The molecule has 3 heterocycles. The molecule has 12 nitrogen and oxygen atoms in total. The number of anilines is 1. The lowest BCUT2D eigenvalue weighted by Gasteiger charge is -2.18. The summed E-state index contributed by atoms with van der Waals surface area (Å²) in [5.74, 6) is 0.643. The molecule has 0 amide bonds. The van der Waals surface area contributed by atoms with Crippen LogP contribution in [0, 0.1) is 0 Å². The van der Waals surface area contributed by atoms with Crippen molar-refractivity contribution in [2.24, 2.45) is 0 Å². The van der Waals surface area contributed by atoms with Gasteiger partial charge in [-0.2, -0.15) is 8.42 Å². The summed E-state index contributed by atoms with van der Waals surface area (Å²) in [6, 6.07) is 8.72. The van der Waals surface area contributed by atoms with E-state index in [-0.39, 0.29) is 18.1 Å². The first kappa shape index (κ1) is 19.5. The molecule has 0 unspecified atom stereocenters. The Morgan fingerprint density at radius 1 is 1.21 bits per heavy atom. The largest absolute Gasteiger partial charge is 0.491 e. The van der Waals surface area contributed by atoms with Crippen molar-refractivity contribution < 1.29 is 31.7 Å². The lowest BCUT2D eigenvalue weighted by molar-refractivity contribution is -0.0469. The third kappa shape index (κ3) is 3.99. The first-order valence-corrected chi connectivity index (χ1v) is 9.80. The second-order valence-electron chi connectivity index (χ2n) is 6.25. The molecule has 0 bridgehead atoms. The number of hydrogen-bond acceptors (Lipinski definition) is 10. The summed E-state index contributed by atoms with van der Waals surface area (Å²) in [7, 11) is -4.86. The predicted molar refractivity (Wildman–Crippen MR) is 98.0 cm³/mol. The van der Waals surface area contributed by atoms with Gasteiger partial charge in [-0.3, -0.25) is 9.12 Å². The molecule has 154 valence electrons. The Kier molecular flexibility index (Phi) is 5.06. The lowest BCUT2D eigenvalue weighted by atomic mass is 10.1. The highest BCUT2D eigenvalue weighted by Crippen LogP contribution is 2.34. The second-order valence-corrected chi connectivity index (χ2v) is 7.30. The number of imidazole rings is 1. The smallest absolute Gasteiger partial charge is 0.397 e. The zero-order valence-corrected chi connectivity index (χ0v) is 15.6. The van der Waals surface area contributed by atoms with Crippen LogP contribution < -0.4 is 10.5 Å². The van der Waals surface area contributed by atoms with Crippen LogP contribution in [0.5, 0.6) is 5.75 Å². The Morgan fingerprint density at radius 2 is 1.97 bits per heavy atom. The zero-order valence-electron chi connectivity index (χ0n) is 14.8. The molecule has 29 heavy (non-hydrogen) atoms. The van der Waals surface area contributed by atoms with Gasteiger partial charge in [0.05, 0.1) is 6.33 Å². The number of aliphatic hydroxyl groups is 1. The predicted octanol–water partition coefficient (Wildman–Crippen LogP) is -0.0662. The van der Waals surface area contributed by atoms with Crippen molar-refractivity contribution in [3.63, 3.8) is 0 Å².